The number of carbonyl (C=O) groups excluding carboxylic acids is 3. The lowest BCUT2D eigenvalue weighted by Gasteiger charge is -2.37. The van der Waals surface area contributed by atoms with Crippen molar-refractivity contribution in [3.63, 3.8) is 0 Å². The first-order valence-electron chi connectivity index (χ1n) is 9.01. The predicted octanol–water partition coefficient (Wildman–Crippen LogP) is 1.55. The zero-order valence-electron chi connectivity index (χ0n) is 15.6. The van der Waals surface area contributed by atoms with Gasteiger partial charge >= 0.3 is 6.03 Å². The van der Waals surface area contributed by atoms with Gasteiger partial charge in [-0.3, -0.25) is 14.5 Å². The normalized spacial score (nSPS) is 18.1. The van der Waals surface area contributed by atoms with E-state index < -0.39 is 5.41 Å². The first-order chi connectivity index (χ1) is 12.3. The van der Waals surface area contributed by atoms with E-state index in [-0.39, 0.29) is 17.8 Å². The lowest BCUT2D eigenvalue weighted by atomic mass is 9.94. The Balaban J connectivity index is 1.60. The van der Waals surface area contributed by atoms with Gasteiger partial charge in [-0.1, -0.05) is 20.8 Å². The standard InChI is InChI=1S/C19H26N4O3/c1-19(2,3)17(25)22-12-10-21(11-13-22)16(24)14-4-6-15(7-5-14)23-9-8-20-18(23)26/h4-7H,8-13H2,1-3H3,(H,20,26). The van der Waals surface area contributed by atoms with Gasteiger partial charge in [0.1, 0.15) is 0 Å². The Morgan fingerprint density at radius 3 is 2.00 bits per heavy atom. The van der Waals surface area contributed by atoms with Crippen molar-refractivity contribution in [3.05, 3.63) is 29.8 Å². The molecule has 0 spiro atoms. The molecule has 1 N–H and O–H groups in total. The number of urea groups is 1. The Hall–Kier alpha value is -2.57. The minimum atomic E-state index is -0.399. The summed E-state index contributed by atoms with van der Waals surface area (Å²) in [5.74, 6) is 0.0862. The maximum atomic E-state index is 12.7. The van der Waals surface area contributed by atoms with Crippen LogP contribution in [0.3, 0.4) is 0 Å². The molecule has 2 fully saturated rings. The number of piperazine rings is 1. The molecule has 0 aromatic heterocycles. The van der Waals surface area contributed by atoms with E-state index in [0.29, 0.717) is 44.8 Å². The number of carbonyl (C=O) groups is 3. The number of hydrogen-bond donors (Lipinski definition) is 1. The van der Waals surface area contributed by atoms with E-state index in [1.807, 2.05) is 25.7 Å². The van der Waals surface area contributed by atoms with Gasteiger partial charge in [0.05, 0.1) is 0 Å². The summed E-state index contributed by atoms with van der Waals surface area (Å²) in [5.41, 5.74) is 0.991. The molecule has 26 heavy (non-hydrogen) atoms. The second kappa shape index (κ2) is 6.97. The summed E-state index contributed by atoms with van der Waals surface area (Å²) < 4.78 is 0. The molecular weight excluding hydrogens is 332 g/mol. The lowest BCUT2D eigenvalue weighted by Crippen LogP contribution is -2.53. The molecular formula is C19H26N4O3. The van der Waals surface area contributed by atoms with Crippen LogP contribution in [-0.2, 0) is 4.79 Å². The van der Waals surface area contributed by atoms with Crippen LogP contribution in [0.5, 0.6) is 0 Å². The van der Waals surface area contributed by atoms with Crippen LogP contribution < -0.4 is 10.2 Å². The Labute approximate surface area is 153 Å². The van der Waals surface area contributed by atoms with Gasteiger partial charge in [-0.25, -0.2) is 4.79 Å². The van der Waals surface area contributed by atoms with Crippen molar-refractivity contribution in [2.45, 2.75) is 20.8 Å². The second-order valence-corrected chi connectivity index (χ2v) is 7.76. The molecule has 3 rings (SSSR count). The summed E-state index contributed by atoms with van der Waals surface area (Å²) in [7, 11) is 0. The summed E-state index contributed by atoms with van der Waals surface area (Å²) in [6, 6.07) is 7.02. The van der Waals surface area contributed by atoms with Gasteiger partial charge in [0.25, 0.3) is 5.91 Å². The summed E-state index contributed by atoms with van der Waals surface area (Å²) >= 11 is 0. The van der Waals surface area contributed by atoms with Crippen LogP contribution >= 0.6 is 0 Å². The van der Waals surface area contributed by atoms with E-state index in [0.717, 1.165) is 5.69 Å². The van der Waals surface area contributed by atoms with Crippen molar-refractivity contribution in [3.8, 4) is 0 Å². The predicted molar refractivity (Wildman–Crippen MR) is 99.1 cm³/mol. The molecule has 0 radical (unpaired) electrons. The fourth-order valence-electron chi connectivity index (χ4n) is 3.27. The zero-order valence-corrected chi connectivity index (χ0v) is 15.6. The van der Waals surface area contributed by atoms with Crippen LogP contribution in [0.4, 0.5) is 10.5 Å². The Kier molecular flexibility index (Phi) is 4.89. The molecule has 4 amide bonds. The summed E-state index contributed by atoms with van der Waals surface area (Å²) in [5, 5.41) is 2.76. The molecule has 0 saturated carbocycles. The number of anilines is 1. The van der Waals surface area contributed by atoms with Crippen molar-refractivity contribution in [2.24, 2.45) is 5.41 Å². The highest BCUT2D eigenvalue weighted by molar-refractivity contribution is 5.97. The molecule has 2 heterocycles. The molecule has 0 bridgehead atoms. The van der Waals surface area contributed by atoms with Crippen LogP contribution in [0.1, 0.15) is 31.1 Å². The number of nitrogens with zero attached hydrogens (tertiary/aromatic N) is 3. The minimum Gasteiger partial charge on any atom is -0.339 e. The Bertz CT molecular complexity index is 700. The fraction of sp³-hybridized carbons (Fsp3) is 0.526. The number of amides is 4. The molecule has 2 saturated heterocycles. The third kappa shape index (κ3) is 3.66. The molecule has 7 nitrogen and oxygen atoms in total. The molecule has 0 atom stereocenters. The van der Waals surface area contributed by atoms with E-state index >= 15 is 0 Å². The monoisotopic (exact) mass is 358 g/mol. The van der Waals surface area contributed by atoms with Crippen molar-refractivity contribution >= 4 is 23.5 Å². The Morgan fingerprint density at radius 1 is 0.923 bits per heavy atom. The molecule has 1 aromatic rings. The number of rotatable bonds is 2. The maximum Gasteiger partial charge on any atom is 0.321 e. The summed E-state index contributed by atoms with van der Waals surface area (Å²) in [6.45, 7) is 9.21. The Morgan fingerprint density at radius 2 is 1.50 bits per heavy atom. The molecule has 1 aromatic carbocycles. The van der Waals surface area contributed by atoms with Crippen molar-refractivity contribution in [1.82, 2.24) is 15.1 Å². The number of nitrogens with one attached hydrogen (secondary N) is 1. The highest BCUT2D eigenvalue weighted by Gasteiger charge is 2.31. The van der Waals surface area contributed by atoms with Crippen LogP contribution in [-0.4, -0.2) is 66.9 Å². The highest BCUT2D eigenvalue weighted by Crippen LogP contribution is 2.21. The molecule has 7 heteroatoms. The van der Waals surface area contributed by atoms with Gasteiger partial charge in [0.2, 0.25) is 5.91 Å². The van der Waals surface area contributed by atoms with E-state index in [4.69, 9.17) is 0 Å². The largest absolute Gasteiger partial charge is 0.339 e. The quantitative estimate of drug-likeness (QED) is 0.872. The summed E-state index contributed by atoms with van der Waals surface area (Å²) in [4.78, 5) is 42.0. The molecule has 0 unspecified atom stereocenters. The zero-order chi connectivity index (χ0) is 18.9. The van der Waals surface area contributed by atoms with Gasteiger partial charge in [-0.2, -0.15) is 0 Å². The van der Waals surface area contributed by atoms with Crippen molar-refractivity contribution < 1.29 is 14.4 Å². The van der Waals surface area contributed by atoms with Crippen LogP contribution in [0, 0.1) is 5.41 Å². The van der Waals surface area contributed by atoms with Crippen molar-refractivity contribution in [1.29, 1.82) is 0 Å². The van der Waals surface area contributed by atoms with E-state index in [2.05, 4.69) is 5.32 Å². The van der Waals surface area contributed by atoms with Gasteiger partial charge in [-0.05, 0) is 24.3 Å². The van der Waals surface area contributed by atoms with E-state index in [1.54, 1.807) is 34.1 Å². The first kappa shape index (κ1) is 18.2. The maximum absolute atomic E-state index is 12.7. The van der Waals surface area contributed by atoms with Crippen LogP contribution in [0.2, 0.25) is 0 Å². The minimum absolute atomic E-state index is 0.0368. The average Bonchev–Trinajstić information content (AvgIpc) is 3.06. The van der Waals surface area contributed by atoms with E-state index in [1.165, 1.54) is 0 Å². The molecule has 0 aliphatic carbocycles. The van der Waals surface area contributed by atoms with Crippen LogP contribution in [0.15, 0.2) is 24.3 Å². The van der Waals surface area contributed by atoms with Gasteiger partial charge in [0.15, 0.2) is 0 Å². The summed E-state index contributed by atoms with van der Waals surface area (Å²) in [6.07, 6.45) is 0. The molecule has 2 aliphatic rings. The molecule has 2 aliphatic heterocycles. The van der Waals surface area contributed by atoms with Gasteiger partial charge in [-0.15, -0.1) is 0 Å². The van der Waals surface area contributed by atoms with E-state index in [9.17, 15) is 14.4 Å². The average molecular weight is 358 g/mol. The first-order valence-corrected chi connectivity index (χ1v) is 9.01. The van der Waals surface area contributed by atoms with Gasteiger partial charge in [0, 0.05) is 55.9 Å². The molecule has 140 valence electrons. The number of benzene rings is 1. The van der Waals surface area contributed by atoms with Crippen molar-refractivity contribution in [2.75, 3.05) is 44.2 Å². The highest BCUT2D eigenvalue weighted by atomic mass is 16.2. The second-order valence-electron chi connectivity index (χ2n) is 7.76. The third-order valence-electron chi connectivity index (χ3n) is 4.78. The topological polar surface area (TPSA) is 73.0 Å². The SMILES string of the molecule is CC(C)(C)C(=O)N1CCN(C(=O)c2ccc(N3CCNC3=O)cc2)CC1. The van der Waals surface area contributed by atoms with Gasteiger partial charge < -0.3 is 15.1 Å². The smallest absolute Gasteiger partial charge is 0.321 e. The lowest BCUT2D eigenvalue weighted by molar-refractivity contribution is -0.140. The fourth-order valence-corrected chi connectivity index (χ4v) is 3.27. The number of hydrogen-bond acceptors (Lipinski definition) is 3. The third-order valence-corrected chi connectivity index (χ3v) is 4.78. The van der Waals surface area contributed by atoms with Crippen LogP contribution in [0.25, 0.3) is 0 Å².